The van der Waals surface area contributed by atoms with Crippen molar-refractivity contribution in [3.05, 3.63) is 4.88 Å². The van der Waals surface area contributed by atoms with Gasteiger partial charge in [0.2, 0.25) is 5.88 Å². The number of ether oxygens (including phenoxy) is 2. The van der Waals surface area contributed by atoms with Gasteiger partial charge < -0.3 is 24.8 Å². The standard InChI is InChI=1S/C12H21N3O3S/c1-15(2)11-14-10(17-3)9(19-11)6-13-7-12(16)4-5-18-8-12/h13,16H,4-8H2,1-3H3. The summed E-state index contributed by atoms with van der Waals surface area (Å²) in [5.74, 6) is 0.649. The van der Waals surface area contributed by atoms with Crippen molar-refractivity contribution in [2.75, 3.05) is 45.9 Å². The van der Waals surface area contributed by atoms with E-state index in [1.807, 2.05) is 19.0 Å². The van der Waals surface area contributed by atoms with Crippen LogP contribution in [0.1, 0.15) is 11.3 Å². The van der Waals surface area contributed by atoms with Crippen LogP contribution in [-0.4, -0.2) is 56.7 Å². The van der Waals surface area contributed by atoms with Crippen molar-refractivity contribution >= 4 is 16.5 Å². The molecule has 1 aliphatic heterocycles. The van der Waals surface area contributed by atoms with Gasteiger partial charge in [0, 0.05) is 40.2 Å². The summed E-state index contributed by atoms with van der Waals surface area (Å²) in [7, 11) is 5.53. The van der Waals surface area contributed by atoms with Crippen molar-refractivity contribution in [1.29, 1.82) is 0 Å². The molecule has 6 nitrogen and oxygen atoms in total. The zero-order valence-corrected chi connectivity index (χ0v) is 12.4. The van der Waals surface area contributed by atoms with E-state index in [2.05, 4.69) is 10.3 Å². The molecule has 1 aromatic heterocycles. The van der Waals surface area contributed by atoms with E-state index < -0.39 is 5.60 Å². The lowest BCUT2D eigenvalue weighted by molar-refractivity contribution is 0.0268. The number of thiazole rings is 1. The van der Waals surface area contributed by atoms with Gasteiger partial charge in [0.05, 0.1) is 18.6 Å². The zero-order chi connectivity index (χ0) is 13.9. The van der Waals surface area contributed by atoms with Crippen LogP contribution in [-0.2, 0) is 11.3 Å². The molecule has 0 aliphatic carbocycles. The van der Waals surface area contributed by atoms with Gasteiger partial charge in [0.1, 0.15) is 5.60 Å². The molecule has 2 rings (SSSR count). The first-order valence-corrected chi connectivity index (χ1v) is 7.07. The van der Waals surface area contributed by atoms with Crippen molar-refractivity contribution < 1.29 is 14.6 Å². The molecule has 0 aromatic carbocycles. The summed E-state index contributed by atoms with van der Waals surface area (Å²) in [6, 6.07) is 0. The number of nitrogens with one attached hydrogen (secondary N) is 1. The smallest absolute Gasteiger partial charge is 0.230 e. The maximum atomic E-state index is 10.2. The van der Waals surface area contributed by atoms with E-state index in [0.29, 0.717) is 38.6 Å². The highest BCUT2D eigenvalue weighted by molar-refractivity contribution is 7.15. The second kappa shape index (κ2) is 6.04. The summed E-state index contributed by atoms with van der Waals surface area (Å²) >= 11 is 1.59. The van der Waals surface area contributed by atoms with Crippen LogP contribution in [0.3, 0.4) is 0 Å². The zero-order valence-electron chi connectivity index (χ0n) is 11.6. The first-order valence-electron chi connectivity index (χ1n) is 6.26. The topological polar surface area (TPSA) is 66.9 Å². The monoisotopic (exact) mass is 287 g/mol. The fourth-order valence-corrected chi connectivity index (χ4v) is 2.85. The number of hydrogen-bond acceptors (Lipinski definition) is 7. The summed E-state index contributed by atoms with van der Waals surface area (Å²) in [5.41, 5.74) is -0.734. The van der Waals surface area contributed by atoms with Gasteiger partial charge in [-0.05, 0) is 0 Å². The van der Waals surface area contributed by atoms with E-state index in [1.165, 1.54) is 0 Å². The molecule has 1 atom stereocenters. The first-order chi connectivity index (χ1) is 9.04. The lowest BCUT2D eigenvalue weighted by atomic mass is 10.0. The Labute approximate surface area is 117 Å². The second-order valence-corrected chi connectivity index (χ2v) is 6.02. The predicted octanol–water partition coefficient (Wildman–Crippen LogP) is 0.459. The van der Waals surface area contributed by atoms with Gasteiger partial charge in [-0.1, -0.05) is 11.3 Å². The molecular formula is C12H21N3O3S. The van der Waals surface area contributed by atoms with Crippen LogP contribution >= 0.6 is 11.3 Å². The number of aromatic nitrogens is 1. The Balaban J connectivity index is 1.91. The molecule has 1 aromatic rings. The van der Waals surface area contributed by atoms with E-state index in [9.17, 15) is 5.11 Å². The highest BCUT2D eigenvalue weighted by Gasteiger charge is 2.31. The van der Waals surface area contributed by atoms with E-state index in [0.717, 1.165) is 10.0 Å². The Morgan fingerprint density at radius 2 is 2.37 bits per heavy atom. The summed E-state index contributed by atoms with van der Waals surface area (Å²) in [6.45, 7) is 2.19. The van der Waals surface area contributed by atoms with Gasteiger partial charge in [-0.25, -0.2) is 0 Å². The molecule has 2 heterocycles. The average Bonchev–Trinajstić information content (AvgIpc) is 2.96. The molecule has 1 saturated heterocycles. The number of anilines is 1. The molecule has 0 saturated carbocycles. The summed E-state index contributed by atoms with van der Waals surface area (Å²) in [6.07, 6.45) is 0.683. The Hall–Kier alpha value is -0.890. The predicted molar refractivity (Wildman–Crippen MR) is 75.1 cm³/mol. The van der Waals surface area contributed by atoms with E-state index in [4.69, 9.17) is 9.47 Å². The Morgan fingerprint density at radius 3 is 2.95 bits per heavy atom. The molecule has 19 heavy (non-hydrogen) atoms. The third kappa shape index (κ3) is 3.56. The molecular weight excluding hydrogens is 266 g/mol. The summed E-state index contributed by atoms with van der Waals surface area (Å²) in [4.78, 5) is 7.38. The van der Waals surface area contributed by atoms with Gasteiger partial charge in [0.25, 0.3) is 0 Å². The third-order valence-corrected chi connectivity index (χ3v) is 4.25. The van der Waals surface area contributed by atoms with E-state index in [-0.39, 0.29) is 0 Å². The Kier molecular flexibility index (Phi) is 4.62. The van der Waals surface area contributed by atoms with Crippen molar-refractivity contribution in [2.24, 2.45) is 0 Å². The Morgan fingerprint density at radius 1 is 1.58 bits per heavy atom. The highest BCUT2D eigenvalue weighted by atomic mass is 32.1. The van der Waals surface area contributed by atoms with Crippen LogP contribution in [0.15, 0.2) is 0 Å². The first kappa shape index (κ1) is 14.5. The molecule has 1 fully saturated rings. The number of aliphatic hydroxyl groups is 1. The van der Waals surface area contributed by atoms with Crippen LogP contribution in [0.4, 0.5) is 5.13 Å². The Bertz CT molecular complexity index is 416. The van der Waals surface area contributed by atoms with Crippen molar-refractivity contribution in [3.8, 4) is 5.88 Å². The number of methoxy groups -OCH3 is 1. The third-order valence-electron chi connectivity index (χ3n) is 3.05. The minimum absolute atomic E-state index is 0.406. The van der Waals surface area contributed by atoms with Gasteiger partial charge in [0.15, 0.2) is 5.13 Å². The van der Waals surface area contributed by atoms with E-state index >= 15 is 0 Å². The molecule has 2 N–H and O–H groups in total. The van der Waals surface area contributed by atoms with Gasteiger partial charge in [-0.3, -0.25) is 0 Å². The fraction of sp³-hybridized carbons (Fsp3) is 0.750. The normalized spacial score (nSPS) is 22.7. The number of nitrogens with zero attached hydrogens (tertiary/aromatic N) is 2. The molecule has 1 aliphatic rings. The van der Waals surface area contributed by atoms with Gasteiger partial charge >= 0.3 is 0 Å². The van der Waals surface area contributed by atoms with Crippen LogP contribution in [0.5, 0.6) is 5.88 Å². The van der Waals surface area contributed by atoms with Crippen molar-refractivity contribution in [2.45, 2.75) is 18.6 Å². The lowest BCUT2D eigenvalue weighted by Crippen LogP contribution is -2.40. The summed E-state index contributed by atoms with van der Waals surface area (Å²) in [5, 5.41) is 14.3. The molecule has 108 valence electrons. The molecule has 0 bridgehead atoms. The summed E-state index contributed by atoms with van der Waals surface area (Å²) < 4.78 is 10.5. The lowest BCUT2D eigenvalue weighted by Gasteiger charge is -2.20. The van der Waals surface area contributed by atoms with Crippen LogP contribution < -0.4 is 15.0 Å². The van der Waals surface area contributed by atoms with Gasteiger partial charge in [-0.15, -0.1) is 0 Å². The molecule has 1 unspecified atom stereocenters. The van der Waals surface area contributed by atoms with Crippen molar-refractivity contribution in [1.82, 2.24) is 10.3 Å². The largest absolute Gasteiger partial charge is 0.480 e. The minimum atomic E-state index is -0.734. The van der Waals surface area contributed by atoms with Crippen LogP contribution in [0, 0.1) is 0 Å². The van der Waals surface area contributed by atoms with Crippen LogP contribution in [0.25, 0.3) is 0 Å². The SMILES string of the molecule is COc1nc(N(C)C)sc1CNCC1(O)CCOC1. The highest BCUT2D eigenvalue weighted by Crippen LogP contribution is 2.30. The maximum Gasteiger partial charge on any atom is 0.230 e. The molecule has 0 amide bonds. The fourth-order valence-electron chi connectivity index (χ4n) is 1.93. The van der Waals surface area contributed by atoms with E-state index in [1.54, 1.807) is 18.4 Å². The molecule has 0 radical (unpaired) electrons. The minimum Gasteiger partial charge on any atom is -0.480 e. The second-order valence-electron chi connectivity index (χ2n) is 4.95. The van der Waals surface area contributed by atoms with Crippen LogP contribution in [0.2, 0.25) is 0 Å². The quantitative estimate of drug-likeness (QED) is 0.792. The van der Waals surface area contributed by atoms with Crippen molar-refractivity contribution in [3.63, 3.8) is 0 Å². The average molecular weight is 287 g/mol. The maximum absolute atomic E-state index is 10.2. The number of hydrogen-bond donors (Lipinski definition) is 2. The molecule has 7 heteroatoms. The molecule has 0 spiro atoms. The number of rotatable bonds is 6. The van der Waals surface area contributed by atoms with Gasteiger partial charge in [-0.2, -0.15) is 4.98 Å².